The van der Waals surface area contributed by atoms with E-state index in [1.807, 2.05) is 65.5 Å². The first-order valence-corrected chi connectivity index (χ1v) is 12.6. The number of para-hydroxylation sites is 1. The second-order valence-electron chi connectivity index (χ2n) is 7.33. The Bertz CT molecular complexity index is 1460. The van der Waals surface area contributed by atoms with Crippen molar-refractivity contribution >= 4 is 61.2 Å². The molecule has 0 aliphatic rings. The van der Waals surface area contributed by atoms with Gasteiger partial charge in [-0.05, 0) is 37.3 Å². The van der Waals surface area contributed by atoms with Gasteiger partial charge in [-0.3, -0.25) is 14.9 Å². The van der Waals surface area contributed by atoms with Gasteiger partial charge < -0.3 is 5.32 Å². The number of rotatable bonds is 6. The molecular weight excluding hydrogens is 474 g/mol. The van der Waals surface area contributed by atoms with Crippen LogP contribution < -0.4 is 10.6 Å². The highest BCUT2D eigenvalue weighted by Crippen LogP contribution is 2.33. The second kappa shape index (κ2) is 8.89. The van der Waals surface area contributed by atoms with E-state index in [0.29, 0.717) is 16.6 Å². The van der Waals surface area contributed by atoms with Crippen molar-refractivity contribution in [3.63, 3.8) is 0 Å². The van der Waals surface area contributed by atoms with E-state index >= 15 is 0 Å². The molecule has 7 nitrogen and oxygen atoms in total. The van der Waals surface area contributed by atoms with E-state index in [0.717, 1.165) is 37.0 Å². The highest BCUT2D eigenvalue weighted by Gasteiger charge is 2.18. The third kappa shape index (κ3) is 4.45. The van der Waals surface area contributed by atoms with Crippen molar-refractivity contribution in [3.05, 3.63) is 69.4 Å². The number of thiazole rings is 1. The van der Waals surface area contributed by atoms with Crippen molar-refractivity contribution in [2.45, 2.75) is 20.4 Å². The summed E-state index contributed by atoms with van der Waals surface area (Å²) in [5.41, 5.74) is 2.65. The largest absolute Gasteiger partial charge is 0.351 e. The van der Waals surface area contributed by atoms with E-state index in [1.54, 1.807) is 11.3 Å². The smallest absolute Gasteiger partial charge is 0.267 e. The number of thiophene rings is 2. The van der Waals surface area contributed by atoms with Gasteiger partial charge >= 0.3 is 0 Å². The fraction of sp³-hybridized carbons (Fsp3) is 0.130. The van der Waals surface area contributed by atoms with Gasteiger partial charge in [0.1, 0.15) is 4.83 Å². The van der Waals surface area contributed by atoms with Crippen LogP contribution in [0.1, 0.15) is 27.2 Å². The first-order valence-electron chi connectivity index (χ1n) is 10.1. The van der Waals surface area contributed by atoms with Crippen LogP contribution in [0.25, 0.3) is 26.5 Å². The van der Waals surface area contributed by atoms with Gasteiger partial charge in [-0.15, -0.1) is 34.0 Å². The summed E-state index contributed by atoms with van der Waals surface area (Å²) in [5.74, 6) is -0.245. The number of anilines is 1. The number of fused-ring (bicyclic) bond motifs is 1. The molecule has 0 bridgehead atoms. The molecule has 0 saturated carbocycles. The molecule has 4 heterocycles. The molecule has 10 heteroatoms. The fourth-order valence-corrected chi connectivity index (χ4v) is 6.09. The highest BCUT2D eigenvalue weighted by atomic mass is 32.1. The van der Waals surface area contributed by atoms with Crippen LogP contribution in [0.4, 0.5) is 5.13 Å². The number of carbonyl (C=O) groups is 2. The van der Waals surface area contributed by atoms with E-state index in [1.165, 1.54) is 29.6 Å². The zero-order chi connectivity index (χ0) is 22.9. The molecule has 2 N–H and O–H groups in total. The zero-order valence-electron chi connectivity index (χ0n) is 17.8. The Morgan fingerprint density at radius 3 is 2.70 bits per heavy atom. The highest BCUT2D eigenvalue weighted by molar-refractivity contribution is 7.21. The number of nitrogens with zero attached hydrogens (tertiary/aromatic N) is 3. The number of carbonyl (C=O) groups excluding carboxylic acids is 2. The minimum atomic E-state index is -0.186. The molecule has 33 heavy (non-hydrogen) atoms. The quantitative estimate of drug-likeness (QED) is 0.328. The Balaban J connectivity index is 1.33. The maximum Gasteiger partial charge on any atom is 0.267 e. The molecule has 4 aromatic heterocycles. The lowest BCUT2D eigenvalue weighted by atomic mass is 10.3. The third-order valence-corrected chi connectivity index (χ3v) is 7.89. The van der Waals surface area contributed by atoms with Crippen molar-refractivity contribution in [2.24, 2.45) is 0 Å². The molecule has 0 aliphatic heterocycles. The summed E-state index contributed by atoms with van der Waals surface area (Å²) in [6.45, 7) is 3.95. The summed E-state index contributed by atoms with van der Waals surface area (Å²) in [4.78, 5) is 32.2. The summed E-state index contributed by atoms with van der Waals surface area (Å²) in [6, 6.07) is 15.7. The molecule has 166 valence electrons. The Morgan fingerprint density at radius 2 is 1.91 bits per heavy atom. The summed E-state index contributed by atoms with van der Waals surface area (Å²) in [7, 11) is 0. The molecule has 0 spiro atoms. The second-order valence-corrected chi connectivity index (χ2v) is 10.4. The normalized spacial score (nSPS) is 11.1. The lowest BCUT2D eigenvalue weighted by Gasteiger charge is -2.01. The Labute approximate surface area is 201 Å². The van der Waals surface area contributed by atoms with Crippen LogP contribution in [0.15, 0.2) is 53.9 Å². The number of nitrogens with one attached hydrogen (secondary N) is 2. The summed E-state index contributed by atoms with van der Waals surface area (Å²) >= 11 is 4.37. The topological polar surface area (TPSA) is 88.9 Å². The van der Waals surface area contributed by atoms with Crippen molar-refractivity contribution < 1.29 is 9.59 Å². The number of amides is 2. The van der Waals surface area contributed by atoms with Gasteiger partial charge in [0.2, 0.25) is 5.91 Å². The molecule has 0 saturated heterocycles. The van der Waals surface area contributed by atoms with Gasteiger partial charge in [-0.25, -0.2) is 9.67 Å². The molecule has 0 radical (unpaired) electrons. The number of aryl methyl sites for hydroxylation is 1. The third-order valence-electron chi connectivity index (χ3n) is 4.92. The Morgan fingerprint density at radius 1 is 1.09 bits per heavy atom. The fourth-order valence-electron chi connectivity index (χ4n) is 3.33. The molecule has 0 fully saturated rings. The summed E-state index contributed by atoms with van der Waals surface area (Å²) in [6.07, 6.45) is 0. The maximum absolute atomic E-state index is 12.9. The van der Waals surface area contributed by atoms with Crippen LogP contribution in [0, 0.1) is 6.92 Å². The van der Waals surface area contributed by atoms with Crippen LogP contribution >= 0.6 is 34.0 Å². The average Bonchev–Trinajstić information content (AvgIpc) is 3.58. The van der Waals surface area contributed by atoms with Crippen LogP contribution in [0.3, 0.4) is 0 Å². The standard InChI is InChI=1S/C23H19N5O2S3/c1-13-17-10-20(33-22(17)28(27-13)15-6-4-3-5-7-15)21(30)26-23-25-18(12-31-23)19-9-8-16(32-19)11-24-14(2)29/h3-10,12H,11H2,1-2H3,(H,24,29)(H,25,26,30). The molecule has 2 amide bonds. The molecule has 0 aliphatic carbocycles. The van der Waals surface area contributed by atoms with Gasteiger partial charge in [0.25, 0.3) is 5.91 Å². The molecule has 0 unspecified atom stereocenters. The minimum Gasteiger partial charge on any atom is -0.351 e. The maximum atomic E-state index is 12.9. The Hall–Kier alpha value is -3.34. The number of aromatic nitrogens is 3. The molecule has 1 aromatic carbocycles. The average molecular weight is 494 g/mol. The number of hydrogen-bond acceptors (Lipinski definition) is 7. The van der Waals surface area contributed by atoms with Crippen LogP contribution in [-0.2, 0) is 11.3 Å². The van der Waals surface area contributed by atoms with E-state index < -0.39 is 0 Å². The first kappa shape index (κ1) is 21.5. The van der Waals surface area contributed by atoms with Crippen molar-refractivity contribution in [3.8, 4) is 16.3 Å². The van der Waals surface area contributed by atoms with Gasteiger partial charge in [0.05, 0.1) is 33.4 Å². The number of hydrogen-bond donors (Lipinski definition) is 2. The van der Waals surface area contributed by atoms with Gasteiger partial charge in [-0.1, -0.05) is 18.2 Å². The van der Waals surface area contributed by atoms with E-state index in [9.17, 15) is 9.59 Å². The summed E-state index contributed by atoms with van der Waals surface area (Å²) < 4.78 is 1.88. The van der Waals surface area contributed by atoms with Gasteiger partial charge in [0, 0.05) is 22.6 Å². The molecule has 0 atom stereocenters. The lowest BCUT2D eigenvalue weighted by Crippen LogP contribution is -2.17. The SMILES string of the molecule is CC(=O)NCc1ccc(-c2csc(NC(=O)c3cc4c(C)nn(-c5ccccc5)c4s3)n2)s1. The monoisotopic (exact) mass is 493 g/mol. The van der Waals surface area contributed by atoms with E-state index in [-0.39, 0.29) is 11.8 Å². The predicted molar refractivity (Wildman–Crippen MR) is 135 cm³/mol. The van der Waals surface area contributed by atoms with Crippen LogP contribution in [0.5, 0.6) is 0 Å². The summed E-state index contributed by atoms with van der Waals surface area (Å²) in [5, 5.41) is 13.8. The van der Waals surface area contributed by atoms with Crippen molar-refractivity contribution in [1.29, 1.82) is 0 Å². The first-order chi connectivity index (χ1) is 16.0. The predicted octanol–water partition coefficient (Wildman–Crippen LogP) is 5.47. The van der Waals surface area contributed by atoms with Crippen LogP contribution in [-0.4, -0.2) is 26.6 Å². The van der Waals surface area contributed by atoms with E-state index in [4.69, 9.17) is 0 Å². The van der Waals surface area contributed by atoms with Crippen LogP contribution in [0.2, 0.25) is 0 Å². The lowest BCUT2D eigenvalue weighted by molar-refractivity contribution is -0.119. The van der Waals surface area contributed by atoms with Crippen molar-refractivity contribution in [1.82, 2.24) is 20.1 Å². The molecular formula is C23H19N5O2S3. The zero-order valence-corrected chi connectivity index (χ0v) is 20.2. The molecule has 5 aromatic rings. The Kier molecular flexibility index (Phi) is 5.79. The minimum absolute atomic E-state index is 0.0588. The van der Waals surface area contributed by atoms with Gasteiger partial charge in [-0.2, -0.15) is 5.10 Å². The molecule has 5 rings (SSSR count). The van der Waals surface area contributed by atoms with Crippen molar-refractivity contribution in [2.75, 3.05) is 5.32 Å². The number of benzene rings is 1. The van der Waals surface area contributed by atoms with E-state index in [2.05, 4.69) is 20.7 Å². The van der Waals surface area contributed by atoms with Gasteiger partial charge in [0.15, 0.2) is 5.13 Å².